The van der Waals surface area contributed by atoms with Gasteiger partial charge in [-0.1, -0.05) is 66.4 Å². The molecule has 1 aromatic heterocycles. The standard InChI is InChI=1S/C28H27N3O3S/c1-19(32)22-13-8-14-23(18-22)29-26(33)20(2)35-28-30-25-16-7-6-15-24(25)27(34)31(28)17-9-12-21-10-4-3-5-11-21/h3-8,10-11,13-16,18,20H,9,12,17H2,1-2H3,(H,29,33). The highest BCUT2D eigenvalue weighted by Crippen LogP contribution is 2.24. The first-order valence-corrected chi connectivity index (χ1v) is 12.4. The van der Waals surface area contributed by atoms with Crippen molar-refractivity contribution in [1.82, 2.24) is 9.55 Å². The summed E-state index contributed by atoms with van der Waals surface area (Å²) in [6.07, 6.45) is 1.61. The Balaban J connectivity index is 1.55. The Kier molecular flexibility index (Phi) is 7.77. The Morgan fingerprint density at radius 2 is 1.74 bits per heavy atom. The molecule has 0 saturated carbocycles. The summed E-state index contributed by atoms with van der Waals surface area (Å²) in [6.45, 7) is 3.77. The van der Waals surface area contributed by atoms with E-state index in [9.17, 15) is 14.4 Å². The average molecular weight is 486 g/mol. The highest BCUT2D eigenvalue weighted by Gasteiger charge is 2.20. The zero-order valence-electron chi connectivity index (χ0n) is 19.7. The quantitative estimate of drug-likeness (QED) is 0.196. The number of carbonyl (C=O) groups excluding carboxylic acids is 2. The lowest BCUT2D eigenvalue weighted by Gasteiger charge is -2.16. The van der Waals surface area contributed by atoms with Gasteiger partial charge in [0.05, 0.1) is 16.2 Å². The third-order valence-corrected chi connectivity index (χ3v) is 6.79. The fourth-order valence-corrected chi connectivity index (χ4v) is 4.73. The van der Waals surface area contributed by atoms with Crippen LogP contribution in [0.4, 0.5) is 5.69 Å². The van der Waals surface area contributed by atoms with Crippen molar-refractivity contribution in [2.75, 3.05) is 5.32 Å². The number of ketones is 1. The number of carbonyl (C=O) groups is 2. The maximum Gasteiger partial charge on any atom is 0.262 e. The largest absolute Gasteiger partial charge is 0.325 e. The summed E-state index contributed by atoms with van der Waals surface area (Å²) in [6, 6.07) is 24.3. The second kappa shape index (κ2) is 11.1. The van der Waals surface area contributed by atoms with Gasteiger partial charge in [0, 0.05) is 17.8 Å². The number of Topliss-reactive ketones (excluding diaryl/α,β-unsaturated/α-hetero) is 1. The normalized spacial score (nSPS) is 11.8. The van der Waals surface area contributed by atoms with Gasteiger partial charge in [0.15, 0.2) is 10.9 Å². The van der Waals surface area contributed by atoms with Crippen molar-refractivity contribution in [1.29, 1.82) is 0 Å². The van der Waals surface area contributed by atoms with Gasteiger partial charge in [-0.25, -0.2) is 4.98 Å². The fraction of sp³-hybridized carbons (Fsp3) is 0.214. The fourth-order valence-electron chi connectivity index (χ4n) is 3.79. The van der Waals surface area contributed by atoms with Crippen molar-refractivity contribution < 1.29 is 9.59 Å². The lowest BCUT2D eigenvalue weighted by Crippen LogP contribution is -2.27. The molecule has 0 aliphatic rings. The van der Waals surface area contributed by atoms with Crippen LogP contribution in [-0.2, 0) is 17.8 Å². The van der Waals surface area contributed by atoms with Gasteiger partial charge in [-0.15, -0.1) is 0 Å². The van der Waals surface area contributed by atoms with Gasteiger partial charge < -0.3 is 5.32 Å². The van der Waals surface area contributed by atoms with Crippen LogP contribution in [0, 0.1) is 0 Å². The monoisotopic (exact) mass is 485 g/mol. The molecule has 3 aromatic carbocycles. The van der Waals surface area contributed by atoms with Gasteiger partial charge in [-0.3, -0.25) is 19.0 Å². The van der Waals surface area contributed by atoms with E-state index < -0.39 is 5.25 Å². The molecular weight excluding hydrogens is 458 g/mol. The van der Waals surface area contributed by atoms with E-state index in [-0.39, 0.29) is 17.2 Å². The van der Waals surface area contributed by atoms with Crippen molar-refractivity contribution in [2.45, 2.75) is 43.6 Å². The molecule has 1 heterocycles. The molecule has 7 heteroatoms. The summed E-state index contributed by atoms with van der Waals surface area (Å²) < 4.78 is 1.68. The van der Waals surface area contributed by atoms with Crippen LogP contribution in [0.3, 0.4) is 0 Å². The van der Waals surface area contributed by atoms with Crippen LogP contribution in [0.1, 0.15) is 36.2 Å². The van der Waals surface area contributed by atoms with E-state index in [1.807, 2.05) is 36.4 Å². The van der Waals surface area contributed by atoms with E-state index in [1.165, 1.54) is 24.2 Å². The third-order valence-electron chi connectivity index (χ3n) is 5.70. The van der Waals surface area contributed by atoms with Crippen LogP contribution in [0.15, 0.2) is 88.8 Å². The number of aromatic nitrogens is 2. The summed E-state index contributed by atoms with van der Waals surface area (Å²) in [4.78, 5) is 42.6. The highest BCUT2D eigenvalue weighted by atomic mass is 32.2. The first-order valence-electron chi connectivity index (χ1n) is 11.5. The molecule has 0 fully saturated rings. The van der Waals surface area contributed by atoms with Crippen molar-refractivity contribution in [3.63, 3.8) is 0 Å². The number of amides is 1. The molecule has 6 nitrogen and oxygen atoms in total. The second-order valence-corrected chi connectivity index (χ2v) is 9.65. The lowest BCUT2D eigenvalue weighted by atomic mass is 10.1. The molecule has 178 valence electrons. The Bertz CT molecular complexity index is 1420. The Morgan fingerprint density at radius 3 is 2.51 bits per heavy atom. The molecule has 0 saturated heterocycles. The number of hydrogen-bond donors (Lipinski definition) is 1. The van der Waals surface area contributed by atoms with Gasteiger partial charge in [-0.2, -0.15) is 0 Å². The topological polar surface area (TPSA) is 81.1 Å². The smallest absolute Gasteiger partial charge is 0.262 e. The third kappa shape index (κ3) is 6.05. The molecule has 4 rings (SSSR count). The second-order valence-electron chi connectivity index (χ2n) is 8.34. The molecule has 1 N–H and O–H groups in total. The number of nitrogens with one attached hydrogen (secondary N) is 1. The summed E-state index contributed by atoms with van der Waals surface area (Å²) >= 11 is 1.26. The van der Waals surface area contributed by atoms with E-state index in [0.717, 1.165) is 12.8 Å². The molecule has 0 spiro atoms. The molecule has 0 radical (unpaired) electrons. The van der Waals surface area contributed by atoms with Crippen LogP contribution in [0.5, 0.6) is 0 Å². The van der Waals surface area contributed by atoms with Crippen molar-refractivity contribution in [3.8, 4) is 0 Å². The van der Waals surface area contributed by atoms with Crippen LogP contribution < -0.4 is 10.9 Å². The van der Waals surface area contributed by atoms with Gasteiger partial charge in [0.2, 0.25) is 5.91 Å². The minimum absolute atomic E-state index is 0.0663. The Morgan fingerprint density at radius 1 is 1.00 bits per heavy atom. The molecule has 1 amide bonds. The Labute approximate surface area is 208 Å². The number of thioether (sulfide) groups is 1. The van der Waals surface area contributed by atoms with E-state index in [4.69, 9.17) is 4.98 Å². The number of para-hydroxylation sites is 1. The minimum Gasteiger partial charge on any atom is -0.325 e. The van der Waals surface area contributed by atoms with Crippen LogP contribution in [0.2, 0.25) is 0 Å². The number of nitrogens with zero attached hydrogens (tertiary/aromatic N) is 2. The van der Waals surface area contributed by atoms with Crippen molar-refractivity contribution in [2.24, 2.45) is 0 Å². The van der Waals surface area contributed by atoms with E-state index in [2.05, 4.69) is 17.4 Å². The van der Waals surface area contributed by atoms with E-state index in [1.54, 1.807) is 41.8 Å². The number of benzene rings is 3. The Hall–Kier alpha value is -3.71. The summed E-state index contributed by atoms with van der Waals surface area (Å²) in [5.41, 5.74) is 2.81. The first-order chi connectivity index (χ1) is 16.9. The number of anilines is 1. The predicted molar refractivity (Wildman–Crippen MR) is 141 cm³/mol. The number of aryl methyl sites for hydroxylation is 1. The van der Waals surface area contributed by atoms with Gasteiger partial charge in [-0.05, 0) is 56.5 Å². The zero-order valence-corrected chi connectivity index (χ0v) is 20.5. The first kappa shape index (κ1) is 24.4. The molecule has 4 aromatic rings. The highest BCUT2D eigenvalue weighted by molar-refractivity contribution is 8.00. The SMILES string of the molecule is CC(=O)c1cccc(NC(=O)C(C)Sc2nc3ccccc3c(=O)n2CCCc2ccccc2)c1. The van der Waals surface area contributed by atoms with Gasteiger partial charge in [0.1, 0.15) is 0 Å². The van der Waals surface area contributed by atoms with E-state index in [0.29, 0.717) is 33.9 Å². The molecule has 35 heavy (non-hydrogen) atoms. The van der Waals surface area contributed by atoms with Crippen LogP contribution in [-0.4, -0.2) is 26.5 Å². The maximum absolute atomic E-state index is 13.3. The molecule has 0 aliphatic carbocycles. The zero-order chi connectivity index (χ0) is 24.8. The molecular formula is C28H27N3O3S. The average Bonchev–Trinajstić information content (AvgIpc) is 2.86. The maximum atomic E-state index is 13.3. The summed E-state index contributed by atoms with van der Waals surface area (Å²) in [5, 5.41) is 3.44. The van der Waals surface area contributed by atoms with Gasteiger partial charge >= 0.3 is 0 Å². The number of rotatable bonds is 9. The summed E-state index contributed by atoms with van der Waals surface area (Å²) in [5.74, 6) is -0.294. The van der Waals surface area contributed by atoms with Crippen LogP contribution >= 0.6 is 11.8 Å². The van der Waals surface area contributed by atoms with Crippen molar-refractivity contribution >= 4 is 40.0 Å². The minimum atomic E-state index is -0.510. The summed E-state index contributed by atoms with van der Waals surface area (Å²) in [7, 11) is 0. The van der Waals surface area contributed by atoms with Crippen molar-refractivity contribution in [3.05, 3.63) is 100 Å². The number of hydrogen-bond acceptors (Lipinski definition) is 5. The van der Waals surface area contributed by atoms with Crippen LogP contribution in [0.25, 0.3) is 10.9 Å². The molecule has 1 atom stereocenters. The van der Waals surface area contributed by atoms with Gasteiger partial charge in [0.25, 0.3) is 5.56 Å². The molecule has 0 bridgehead atoms. The number of fused-ring (bicyclic) bond motifs is 1. The van der Waals surface area contributed by atoms with E-state index >= 15 is 0 Å². The molecule has 1 unspecified atom stereocenters. The molecule has 0 aliphatic heterocycles. The predicted octanol–water partition coefficient (Wildman–Crippen LogP) is 5.35. The lowest BCUT2D eigenvalue weighted by molar-refractivity contribution is -0.115.